The minimum absolute atomic E-state index is 0.220. The van der Waals surface area contributed by atoms with E-state index in [9.17, 15) is 9.00 Å². The Balaban J connectivity index is 4.41. The molecule has 16 heavy (non-hydrogen) atoms. The Morgan fingerprint density at radius 3 is 2.19 bits per heavy atom. The van der Waals surface area contributed by atoms with Crippen LogP contribution in [0.3, 0.4) is 0 Å². The quantitative estimate of drug-likeness (QED) is 0.810. The van der Waals surface area contributed by atoms with Crippen LogP contribution in [-0.4, -0.2) is 15.9 Å². The standard InChI is InChI=1S/C11H24N2O2S/c1-8(2)10(4)6-9(3)7-16(12,15)13-11(5)14/h8-10H,6-7H2,1-5H3,(H2,12,13,14,15)/t9-,10?,16?/m0/s1. The second-order valence-corrected chi connectivity index (χ2v) is 6.92. The summed E-state index contributed by atoms with van der Waals surface area (Å²) in [6.45, 7) is 9.77. The lowest BCUT2D eigenvalue weighted by Gasteiger charge is -2.20. The predicted molar refractivity (Wildman–Crippen MR) is 68.1 cm³/mol. The maximum Gasteiger partial charge on any atom is 0.251 e. The van der Waals surface area contributed by atoms with Gasteiger partial charge in [0.2, 0.25) is 0 Å². The molecule has 0 heterocycles. The van der Waals surface area contributed by atoms with Gasteiger partial charge in [-0.25, -0.2) is 9.35 Å². The lowest BCUT2D eigenvalue weighted by molar-refractivity contribution is -0.115. The molecule has 5 heteroatoms. The number of carbonyl (C=O) groups is 1. The number of rotatable bonds is 5. The van der Waals surface area contributed by atoms with Gasteiger partial charge in [-0.1, -0.05) is 27.7 Å². The fourth-order valence-corrected chi connectivity index (χ4v) is 3.10. The summed E-state index contributed by atoms with van der Waals surface area (Å²) in [6.07, 6.45) is 0.958. The Labute approximate surface area is 99.3 Å². The second kappa shape index (κ2) is 6.35. The summed E-state index contributed by atoms with van der Waals surface area (Å²) in [5.74, 6) is 1.21. The highest BCUT2D eigenvalue weighted by Crippen LogP contribution is 2.20. The Hall–Kier alpha value is -0.420. The molecule has 3 atom stereocenters. The van der Waals surface area contributed by atoms with Crippen molar-refractivity contribution < 1.29 is 9.00 Å². The summed E-state index contributed by atoms with van der Waals surface area (Å²) in [5, 5.41) is 5.51. The summed E-state index contributed by atoms with van der Waals surface area (Å²) in [7, 11) is -2.83. The minimum atomic E-state index is -2.83. The van der Waals surface area contributed by atoms with E-state index in [1.807, 2.05) is 6.92 Å². The smallest absolute Gasteiger partial charge is 0.251 e. The van der Waals surface area contributed by atoms with Crippen LogP contribution in [0.4, 0.5) is 0 Å². The molecule has 0 spiro atoms. The van der Waals surface area contributed by atoms with Crippen molar-refractivity contribution in [3.63, 3.8) is 0 Å². The van der Waals surface area contributed by atoms with Crippen LogP contribution in [0.2, 0.25) is 0 Å². The molecule has 0 fully saturated rings. The summed E-state index contributed by atoms with van der Waals surface area (Å²) in [6, 6.07) is 0. The Kier molecular flexibility index (Phi) is 6.18. The van der Waals surface area contributed by atoms with Crippen LogP contribution in [0, 0.1) is 17.8 Å². The molecule has 0 radical (unpaired) electrons. The minimum Gasteiger partial charge on any atom is -0.272 e. The molecule has 4 nitrogen and oxygen atoms in total. The van der Waals surface area contributed by atoms with Crippen LogP contribution < -0.4 is 5.14 Å². The molecular weight excluding hydrogens is 224 g/mol. The van der Waals surface area contributed by atoms with Crippen molar-refractivity contribution in [3.05, 3.63) is 0 Å². The topological polar surface area (TPSA) is 72.5 Å². The average molecular weight is 248 g/mol. The van der Waals surface area contributed by atoms with E-state index in [1.54, 1.807) is 0 Å². The molecule has 0 saturated carbocycles. The van der Waals surface area contributed by atoms with Crippen molar-refractivity contribution in [1.29, 1.82) is 0 Å². The molecule has 0 bridgehead atoms. The SMILES string of the molecule is CC(=O)N=S(N)(=O)C[C@@H](C)CC(C)C(C)C. The van der Waals surface area contributed by atoms with Gasteiger partial charge in [-0.15, -0.1) is 4.36 Å². The molecule has 96 valence electrons. The summed E-state index contributed by atoms with van der Waals surface area (Å²) in [4.78, 5) is 10.7. The molecular formula is C11H24N2O2S. The third kappa shape index (κ3) is 6.95. The van der Waals surface area contributed by atoms with E-state index in [0.717, 1.165) is 6.42 Å². The first-order chi connectivity index (χ1) is 7.14. The predicted octanol–water partition coefficient (Wildman–Crippen LogP) is 2.19. The first-order valence-electron chi connectivity index (χ1n) is 5.67. The van der Waals surface area contributed by atoms with E-state index in [1.165, 1.54) is 6.92 Å². The highest BCUT2D eigenvalue weighted by atomic mass is 32.2. The van der Waals surface area contributed by atoms with Crippen molar-refractivity contribution in [2.45, 2.75) is 41.0 Å². The maximum absolute atomic E-state index is 11.7. The molecule has 0 aromatic rings. The lowest BCUT2D eigenvalue weighted by Crippen LogP contribution is -2.24. The molecule has 2 N–H and O–H groups in total. The molecule has 0 aliphatic heterocycles. The van der Waals surface area contributed by atoms with Gasteiger partial charge < -0.3 is 0 Å². The van der Waals surface area contributed by atoms with Crippen molar-refractivity contribution in [1.82, 2.24) is 0 Å². The third-order valence-electron chi connectivity index (χ3n) is 2.72. The number of nitrogens with two attached hydrogens (primary N) is 1. The van der Waals surface area contributed by atoms with Gasteiger partial charge in [-0.3, -0.25) is 4.79 Å². The van der Waals surface area contributed by atoms with Crippen molar-refractivity contribution >= 4 is 15.8 Å². The van der Waals surface area contributed by atoms with Crippen LogP contribution >= 0.6 is 0 Å². The van der Waals surface area contributed by atoms with E-state index in [0.29, 0.717) is 17.6 Å². The zero-order valence-corrected chi connectivity index (χ0v) is 11.7. The zero-order valence-electron chi connectivity index (χ0n) is 10.9. The summed E-state index contributed by atoms with van der Waals surface area (Å²) >= 11 is 0. The summed E-state index contributed by atoms with van der Waals surface area (Å²) < 4.78 is 15.2. The second-order valence-electron chi connectivity index (χ2n) is 5.03. The van der Waals surface area contributed by atoms with E-state index < -0.39 is 15.8 Å². The van der Waals surface area contributed by atoms with Crippen molar-refractivity contribution in [2.75, 3.05) is 5.75 Å². The molecule has 0 aliphatic carbocycles. The lowest BCUT2D eigenvalue weighted by atomic mass is 9.89. The number of carbonyl (C=O) groups excluding carboxylic acids is 1. The number of amides is 1. The maximum atomic E-state index is 11.7. The molecule has 0 aromatic heterocycles. The highest BCUT2D eigenvalue weighted by Gasteiger charge is 2.16. The van der Waals surface area contributed by atoms with Gasteiger partial charge in [0.15, 0.2) is 0 Å². The Bertz CT molecular complexity index is 344. The average Bonchev–Trinajstić information content (AvgIpc) is 1.98. The van der Waals surface area contributed by atoms with Gasteiger partial charge in [0.05, 0.1) is 0 Å². The van der Waals surface area contributed by atoms with Gasteiger partial charge in [0.25, 0.3) is 5.91 Å². The van der Waals surface area contributed by atoms with E-state index in [-0.39, 0.29) is 5.92 Å². The largest absolute Gasteiger partial charge is 0.272 e. The third-order valence-corrected chi connectivity index (χ3v) is 4.33. The van der Waals surface area contributed by atoms with E-state index >= 15 is 0 Å². The molecule has 0 aromatic carbocycles. The Morgan fingerprint density at radius 1 is 1.31 bits per heavy atom. The first-order valence-corrected chi connectivity index (χ1v) is 7.42. The number of nitrogens with zero attached hydrogens (tertiary/aromatic N) is 1. The van der Waals surface area contributed by atoms with Crippen LogP contribution in [0.15, 0.2) is 4.36 Å². The van der Waals surface area contributed by atoms with E-state index in [2.05, 4.69) is 25.1 Å². The normalized spacial score (nSPS) is 18.9. The fourth-order valence-electron chi connectivity index (χ4n) is 1.64. The van der Waals surface area contributed by atoms with Crippen LogP contribution in [-0.2, 0) is 14.7 Å². The van der Waals surface area contributed by atoms with Gasteiger partial charge >= 0.3 is 0 Å². The monoisotopic (exact) mass is 248 g/mol. The molecule has 0 rings (SSSR count). The van der Waals surface area contributed by atoms with Crippen LogP contribution in [0.5, 0.6) is 0 Å². The van der Waals surface area contributed by atoms with Crippen LogP contribution in [0.25, 0.3) is 0 Å². The molecule has 0 aliphatic rings. The van der Waals surface area contributed by atoms with Crippen molar-refractivity contribution in [2.24, 2.45) is 27.3 Å². The zero-order chi connectivity index (χ0) is 12.9. The molecule has 2 unspecified atom stereocenters. The van der Waals surface area contributed by atoms with Gasteiger partial charge in [0, 0.05) is 12.7 Å². The first kappa shape index (κ1) is 15.6. The molecule has 1 amide bonds. The Morgan fingerprint density at radius 2 is 1.81 bits per heavy atom. The van der Waals surface area contributed by atoms with Crippen molar-refractivity contribution in [3.8, 4) is 0 Å². The van der Waals surface area contributed by atoms with Gasteiger partial charge in [-0.2, -0.15) is 0 Å². The summed E-state index contributed by atoms with van der Waals surface area (Å²) in [5.41, 5.74) is 0. The number of hydrogen-bond acceptors (Lipinski definition) is 2. The van der Waals surface area contributed by atoms with Gasteiger partial charge in [0.1, 0.15) is 9.92 Å². The molecule has 0 saturated heterocycles. The van der Waals surface area contributed by atoms with E-state index in [4.69, 9.17) is 5.14 Å². The highest BCUT2D eigenvalue weighted by molar-refractivity contribution is 7.91. The van der Waals surface area contributed by atoms with Gasteiger partial charge in [-0.05, 0) is 24.2 Å². The fraction of sp³-hybridized carbons (Fsp3) is 0.909. The van der Waals surface area contributed by atoms with Crippen LogP contribution in [0.1, 0.15) is 41.0 Å². The number of hydrogen-bond donors (Lipinski definition) is 1.